The molecule has 4 aromatic carbocycles. The summed E-state index contributed by atoms with van der Waals surface area (Å²) in [5, 5.41) is 4.79. The molecule has 0 amide bonds. The molecule has 0 saturated carbocycles. The lowest BCUT2D eigenvalue weighted by Gasteiger charge is -2.33. The molecule has 0 fully saturated rings. The maximum absolute atomic E-state index is 6.12. The number of anilines is 4. The van der Waals surface area contributed by atoms with Crippen molar-refractivity contribution in [2.24, 2.45) is 0 Å². The summed E-state index contributed by atoms with van der Waals surface area (Å²) in [5.41, 5.74) is 9.10. The Morgan fingerprint density at radius 2 is 1.49 bits per heavy atom. The first-order chi connectivity index (χ1) is 18.2. The number of nitrogens with zero attached hydrogens (tertiary/aromatic N) is 1. The van der Waals surface area contributed by atoms with Crippen molar-refractivity contribution in [2.75, 3.05) is 10.2 Å². The van der Waals surface area contributed by atoms with Crippen molar-refractivity contribution < 1.29 is 4.42 Å². The maximum atomic E-state index is 6.12. The van der Waals surface area contributed by atoms with Gasteiger partial charge in [0, 0.05) is 33.7 Å². The summed E-state index contributed by atoms with van der Waals surface area (Å²) in [6.45, 7) is 4.29. The number of allylic oxidation sites excluding steroid dienone is 2. The van der Waals surface area contributed by atoms with E-state index in [0.717, 1.165) is 40.1 Å². The smallest absolute Gasteiger partial charge is 0.135 e. The van der Waals surface area contributed by atoms with E-state index in [0.29, 0.717) is 0 Å². The van der Waals surface area contributed by atoms with E-state index in [4.69, 9.17) is 4.42 Å². The monoisotopic (exact) mass is 482 g/mol. The van der Waals surface area contributed by atoms with Crippen molar-refractivity contribution in [3.05, 3.63) is 138 Å². The van der Waals surface area contributed by atoms with Gasteiger partial charge >= 0.3 is 0 Å². The van der Waals surface area contributed by atoms with Gasteiger partial charge in [0.15, 0.2) is 0 Å². The quantitative estimate of drug-likeness (QED) is 0.261. The molecule has 3 nitrogen and oxygen atoms in total. The molecular weight excluding hydrogens is 452 g/mol. The second-order valence-corrected chi connectivity index (χ2v) is 9.62. The van der Waals surface area contributed by atoms with Crippen LogP contribution in [0.2, 0.25) is 0 Å². The molecule has 0 spiro atoms. The van der Waals surface area contributed by atoms with E-state index in [1.165, 1.54) is 22.5 Å². The number of aryl methyl sites for hydroxylation is 2. The normalized spacial score (nSPS) is 15.0. The van der Waals surface area contributed by atoms with Gasteiger partial charge < -0.3 is 14.6 Å². The van der Waals surface area contributed by atoms with Gasteiger partial charge in [-0.2, -0.15) is 0 Å². The van der Waals surface area contributed by atoms with Crippen LogP contribution in [0.5, 0.6) is 0 Å². The Bertz CT molecular complexity index is 1560. The molecule has 1 aliphatic carbocycles. The highest BCUT2D eigenvalue weighted by atomic mass is 16.3. The summed E-state index contributed by atoms with van der Waals surface area (Å²) < 4.78 is 6.12. The highest BCUT2D eigenvalue weighted by molar-refractivity contribution is 5.84. The number of nitrogens with one attached hydrogen (secondary N) is 1. The predicted octanol–water partition coefficient (Wildman–Crippen LogP) is 9.34. The first-order valence-electron chi connectivity index (χ1n) is 12.8. The second-order valence-electron chi connectivity index (χ2n) is 9.62. The van der Waals surface area contributed by atoms with E-state index in [1.807, 2.05) is 18.2 Å². The molecule has 1 aromatic heterocycles. The first kappa shape index (κ1) is 22.9. The Kier molecular flexibility index (Phi) is 6.11. The zero-order chi connectivity index (χ0) is 25.2. The van der Waals surface area contributed by atoms with Crippen molar-refractivity contribution in [3.63, 3.8) is 0 Å². The molecule has 1 atom stereocenters. The Balaban J connectivity index is 1.31. The lowest BCUT2D eigenvalue weighted by molar-refractivity contribution is 0.599. The summed E-state index contributed by atoms with van der Waals surface area (Å²) in [6.07, 6.45) is 7.66. The van der Waals surface area contributed by atoms with Crippen LogP contribution in [0.15, 0.2) is 126 Å². The van der Waals surface area contributed by atoms with Gasteiger partial charge in [-0.3, -0.25) is 0 Å². The number of para-hydroxylation sites is 3. The molecule has 3 heteroatoms. The largest absolute Gasteiger partial charge is 0.456 e. The molecule has 0 bridgehead atoms. The average Bonchev–Trinajstić information content (AvgIpc) is 3.37. The topological polar surface area (TPSA) is 28.4 Å². The Morgan fingerprint density at radius 1 is 0.757 bits per heavy atom. The summed E-state index contributed by atoms with van der Waals surface area (Å²) in [6, 6.07) is 36.2. The third kappa shape index (κ3) is 4.68. The summed E-state index contributed by atoms with van der Waals surface area (Å²) >= 11 is 0. The van der Waals surface area contributed by atoms with Gasteiger partial charge in [0.1, 0.15) is 11.3 Å². The Labute approximate surface area is 218 Å². The Morgan fingerprint density at radius 3 is 2.24 bits per heavy atom. The number of hydrogen-bond acceptors (Lipinski definition) is 3. The molecule has 0 radical (unpaired) electrons. The number of fused-ring (bicyclic) bond motifs is 1. The van der Waals surface area contributed by atoms with E-state index in [2.05, 4.69) is 127 Å². The first-order valence-corrected chi connectivity index (χ1v) is 12.8. The van der Waals surface area contributed by atoms with Gasteiger partial charge in [-0.1, -0.05) is 78.9 Å². The summed E-state index contributed by atoms with van der Waals surface area (Å²) in [7, 11) is 0. The van der Waals surface area contributed by atoms with Crippen LogP contribution in [0.3, 0.4) is 0 Å². The van der Waals surface area contributed by atoms with Crippen LogP contribution in [0, 0.1) is 13.8 Å². The van der Waals surface area contributed by atoms with Gasteiger partial charge in [0.25, 0.3) is 0 Å². The van der Waals surface area contributed by atoms with Crippen molar-refractivity contribution in [3.8, 4) is 0 Å². The minimum absolute atomic E-state index is 0.186. The van der Waals surface area contributed by atoms with Crippen molar-refractivity contribution in [1.29, 1.82) is 0 Å². The summed E-state index contributed by atoms with van der Waals surface area (Å²) in [4.78, 5) is 2.41. The third-order valence-electron chi connectivity index (χ3n) is 7.03. The highest BCUT2D eigenvalue weighted by Gasteiger charge is 2.21. The van der Waals surface area contributed by atoms with Crippen LogP contribution >= 0.6 is 0 Å². The number of rotatable bonds is 6. The predicted molar refractivity (Wildman–Crippen MR) is 156 cm³/mol. The van der Waals surface area contributed by atoms with Gasteiger partial charge in [-0.05, 0) is 73.9 Å². The molecule has 1 heterocycles. The van der Waals surface area contributed by atoms with E-state index in [9.17, 15) is 0 Å². The van der Waals surface area contributed by atoms with E-state index >= 15 is 0 Å². The minimum Gasteiger partial charge on any atom is -0.456 e. The molecular formula is C34H30N2O. The fraction of sp³-hybridized carbons (Fsp3) is 0.118. The number of furan rings is 1. The highest BCUT2D eigenvalue weighted by Crippen LogP contribution is 2.36. The van der Waals surface area contributed by atoms with Crippen LogP contribution in [-0.2, 0) is 0 Å². The Hall–Kier alpha value is -4.50. The third-order valence-corrected chi connectivity index (χ3v) is 7.03. The molecule has 1 aliphatic rings. The molecule has 5 aromatic rings. The van der Waals surface area contributed by atoms with Gasteiger partial charge in [0.05, 0.1) is 6.04 Å². The molecule has 37 heavy (non-hydrogen) atoms. The minimum atomic E-state index is 0.186. The second kappa shape index (κ2) is 9.87. The van der Waals surface area contributed by atoms with Crippen molar-refractivity contribution in [1.82, 2.24) is 0 Å². The van der Waals surface area contributed by atoms with E-state index < -0.39 is 0 Å². The fourth-order valence-corrected chi connectivity index (χ4v) is 5.12. The van der Waals surface area contributed by atoms with Gasteiger partial charge in [-0.15, -0.1) is 0 Å². The lowest BCUT2D eigenvalue weighted by atomic mass is 9.98. The zero-order valence-corrected chi connectivity index (χ0v) is 21.2. The lowest BCUT2D eigenvalue weighted by Crippen LogP contribution is -2.30. The van der Waals surface area contributed by atoms with Crippen LogP contribution < -0.4 is 10.2 Å². The van der Waals surface area contributed by atoms with Gasteiger partial charge in [0.2, 0.25) is 0 Å². The number of benzene rings is 4. The van der Waals surface area contributed by atoms with E-state index in [1.54, 1.807) is 0 Å². The zero-order valence-electron chi connectivity index (χ0n) is 21.2. The molecule has 1 unspecified atom stereocenters. The molecule has 1 N–H and O–H groups in total. The fourth-order valence-electron chi connectivity index (χ4n) is 5.12. The SMILES string of the molecule is Cc1cccc(C)c1Nc1cccc(N(c2ccccc2)C2C=CC(c3cc4ccccc4o3)=CC2)c1. The maximum Gasteiger partial charge on any atom is 0.135 e. The van der Waals surface area contributed by atoms with Crippen molar-refractivity contribution in [2.45, 2.75) is 26.3 Å². The van der Waals surface area contributed by atoms with Crippen LogP contribution in [-0.4, -0.2) is 6.04 Å². The molecule has 0 aliphatic heterocycles. The van der Waals surface area contributed by atoms with E-state index in [-0.39, 0.29) is 6.04 Å². The van der Waals surface area contributed by atoms with Crippen LogP contribution in [0.25, 0.3) is 16.5 Å². The molecule has 0 saturated heterocycles. The molecule has 6 rings (SSSR count). The number of hydrogen-bond donors (Lipinski definition) is 1. The average molecular weight is 483 g/mol. The molecule has 182 valence electrons. The van der Waals surface area contributed by atoms with Crippen LogP contribution in [0.1, 0.15) is 23.3 Å². The summed E-state index contributed by atoms with van der Waals surface area (Å²) in [5.74, 6) is 0.918. The standard InChI is InChI=1S/C34H30N2O/c1-24-10-8-11-25(2)34(24)35-28-13-9-16-31(23-28)36(29-14-4-3-5-15-29)30-20-18-26(19-21-30)33-22-27-12-6-7-17-32(27)37-33/h3-20,22-23,30,35H,21H2,1-2H3. The van der Waals surface area contributed by atoms with Crippen LogP contribution in [0.4, 0.5) is 22.7 Å². The van der Waals surface area contributed by atoms with Crippen molar-refractivity contribution >= 4 is 39.3 Å². The van der Waals surface area contributed by atoms with Gasteiger partial charge in [-0.25, -0.2) is 0 Å².